The monoisotopic (exact) mass is 291 g/mol. The van der Waals surface area contributed by atoms with Crippen LogP contribution in [0.3, 0.4) is 0 Å². The minimum atomic E-state index is -3.06. The first-order valence-electron chi connectivity index (χ1n) is 7.02. The number of carboxylic acids is 1. The Kier molecular flexibility index (Phi) is 6.26. The fourth-order valence-corrected chi connectivity index (χ4v) is 4.14. The van der Waals surface area contributed by atoms with E-state index >= 15 is 0 Å². The van der Waals surface area contributed by atoms with E-state index in [2.05, 4.69) is 13.8 Å². The van der Waals surface area contributed by atoms with Gasteiger partial charge in [0, 0.05) is 19.5 Å². The van der Waals surface area contributed by atoms with E-state index in [0.29, 0.717) is 25.4 Å². The number of hydrogen-bond acceptors (Lipinski definition) is 3. The van der Waals surface area contributed by atoms with Gasteiger partial charge >= 0.3 is 5.97 Å². The van der Waals surface area contributed by atoms with E-state index in [4.69, 9.17) is 5.11 Å². The highest BCUT2D eigenvalue weighted by Gasteiger charge is 2.26. The van der Waals surface area contributed by atoms with Crippen molar-refractivity contribution in [2.24, 2.45) is 11.8 Å². The van der Waals surface area contributed by atoms with Gasteiger partial charge in [0.15, 0.2) is 0 Å². The van der Waals surface area contributed by atoms with E-state index in [9.17, 15) is 13.2 Å². The normalized spacial score (nSPS) is 21.4. The van der Waals surface area contributed by atoms with Crippen molar-refractivity contribution >= 4 is 16.0 Å². The van der Waals surface area contributed by atoms with Gasteiger partial charge in [-0.25, -0.2) is 12.7 Å². The zero-order chi connectivity index (χ0) is 14.5. The first-order chi connectivity index (χ1) is 8.83. The van der Waals surface area contributed by atoms with E-state index in [1.54, 1.807) is 4.31 Å². The molecular weight excluding hydrogens is 266 g/mol. The summed E-state index contributed by atoms with van der Waals surface area (Å²) in [6.45, 7) is 5.28. The van der Waals surface area contributed by atoms with Crippen molar-refractivity contribution < 1.29 is 18.3 Å². The average molecular weight is 291 g/mol. The summed E-state index contributed by atoms with van der Waals surface area (Å²) in [4.78, 5) is 10.6. The molecule has 0 radical (unpaired) electrons. The number of carbonyl (C=O) groups is 1. The number of hydrogen-bond donors (Lipinski definition) is 1. The van der Waals surface area contributed by atoms with Crippen LogP contribution >= 0.6 is 0 Å². The minimum Gasteiger partial charge on any atom is -0.481 e. The van der Waals surface area contributed by atoms with Gasteiger partial charge in [-0.05, 0) is 37.5 Å². The maximum Gasteiger partial charge on any atom is 0.303 e. The number of aliphatic carboxylic acids is 1. The Morgan fingerprint density at radius 1 is 1.26 bits per heavy atom. The number of rotatable bonds is 7. The highest BCUT2D eigenvalue weighted by Crippen LogP contribution is 2.23. The molecule has 0 aromatic carbocycles. The Hall–Kier alpha value is -0.620. The van der Waals surface area contributed by atoms with Crippen LogP contribution in [0.15, 0.2) is 0 Å². The zero-order valence-electron chi connectivity index (χ0n) is 11.8. The van der Waals surface area contributed by atoms with E-state index in [1.807, 2.05) is 0 Å². The van der Waals surface area contributed by atoms with Gasteiger partial charge in [0.05, 0.1) is 5.75 Å². The molecule has 0 aromatic rings. The Balaban J connectivity index is 2.48. The second-order valence-corrected chi connectivity index (χ2v) is 7.74. The predicted molar refractivity (Wildman–Crippen MR) is 74.4 cm³/mol. The molecule has 0 saturated carbocycles. The van der Waals surface area contributed by atoms with Gasteiger partial charge in [0.25, 0.3) is 0 Å². The van der Waals surface area contributed by atoms with Crippen LogP contribution < -0.4 is 0 Å². The van der Waals surface area contributed by atoms with Gasteiger partial charge in [-0.3, -0.25) is 4.79 Å². The molecule has 1 saturated heterocycles. The number of nitrogens with zero attached hydrogens (tertiary/aromatic N) is 1. The van der Waals surface area contributed by atoms with Gasteiger partial charge in [0.1, 0.15) is 0 Å². The van der Waals surface area contributed by atoms with Crippen LogP contribution in [0.25, 0.3) is 0 Å². The summed E-state index contributed by atoms with van der Waals surface area (Å²) in [6, 6.07) is 0. The fourth-order valence-electron chi connectivity index (χ4n) is 2.52. The second kappa shape index (κ2) is 7.24. The van der Waals surface area contributed by atoms with Gasteiger partial charge in [-0.15, -0.1) is 0 Å². The standard InChI is InChI=1S/C13H25NO4S/c1-11(2)12(5-6-13(15)16)7-9-14-8-3-4-10-19(14,17)18/h11-12H,3-10H2,1-2H3,(H,15,16). The largest absolute Gasteiger partial charge is 0.481 e. The third kappa shape index (κ3) is 5.48. The topological polar surface area (TPSA) is 74.7 Å². The minimum absolute atomic E-state index is 0.162. The molecule has 0 bridgehead atoms. The SMILES string of the molecule is CC(C)C(CCC(=O)O)CCN1CCCCS1(=O)=O. The summed E-state index contributed by atoms with van der Waals surface area (Å²) in [7, 11) is -3.06. The molecule has 1 heterocycles. The lowest BCUT2D eigenvalue weighted by molar-refractivity contribution is -0.137. The van der Waals surface area contributed by atoms with Crippen molar-refractivity contribution in [3.05, 3.63) is 0 Å². The molecule has 0 spiro atoms. The number of carboxylic acid groups (broad SMARTS) is 1. The molecule has 19 heavy (non-hydrogen) atoms. The average Bonchev–Trinajstić information content (AvgIpc) is 2.29. The van der Waals surface area contributed by atoms with Crippen LogP contribution in [0.5, 0.6) is 0 Å². The van der Waals surface area contributed by atoms with Gasteiger partial charge < -0.3 is 5.11 Å². The molecule has 0 amide bonds. The van der Waals surface area contributed by atoms with Crippen LogP contribution in [0.1, 0.15) is 46.0 Å². The summed E-state index contributed by atoms with van der Waals surface area (Å²) in [5.41, 5.74) is 0. The van der Waals surface area contributed by atoms with E-state index in [0.717, 1.165) is 19.3 Å². The highest BCUT2D eigenvalue weighted by atomic mass is 32.2. The van der Waals surface area contributed by atoms with Crippen molar-refractivity contribution in [3.8, 4) is 0 Å². The maximum atomic E-state index is 11.9. The highest BCUT2D eigenvalue weighted by molar-refractivity contribution is 7.89. The molecule has 1 atom stereocenters. The van der Waals surface area contributed by atoms with Gasteiger partial charge in [0.2, 0.25) is 10.0 Å². The van der Waals surface area contributed by atoms with Crippen molar-refractivity contribution in [1.29, 1.82) is 0 Å². The maximum absolute atomic E-state index is 11.9. The third-order valence-electron chi connectivity index (χ3n) is 3.87. The molecule has 1 unspecified atom stereocenters. The summed E-state index contributed by atoms with van der Waals surface area (Å²) >= 11 is 0. The first-order valence-corrected chi connectivity index (χ1v) is 8.63. The van der Waals surface area contributed by atoms with E-state index in [1.165, 1.54) is 0 Å². The molecule has 6 heteroatoms. The molecule has 1 rings (SSSR count). The molecule has 1 fully saturated rings. The lowest BCUT2D eigenvalue weighted by atomic mass is 9.88. The van der Waals surface area contributed by atoms with E-state index < -0.39 is 16.0 Å². The lowest BCUT2D eigenvalue weighted by Gasteiger charge is -2.29. The van der Waals surface area contributed by atoms with Crippen LogP contribution in [0, 0.1) is 11.8 Å². The Morgan fingerprint density at radius 2 is 1.95 bits per heavy atom. The lowest BCUT2D eigenvalue weighted by Crippen LogP contribution is -2.39. The van der Waals surface area contributed by atoms with Crippen molar-refractivity contribution in [2.45, 2.75) is 46.0 Å². The van der Waals surface area contributed by atoms with Gasteiger partial charge in [-0.1, -0.05) is 13.8 Å². The van der Waals surface area contributed by atoms with Gasteiger partial charge in [-0.2, -0.15) is 0 Å². The Labute approximate surface area is 116 Å². The molecule has 1 N–H and O–H groups in total. The quantitative estimate of drug-likeness (QED) is 0.778. The first kappa shape index (κ1) is 16.4. The second-order valence-electron chi connectivity index (χ2n) is 5.65. The van der Waals surface area contributed by atoms with Crippen LogP contribution in [-0.4, -0.2) is 42.6 Å². The van der Waals surface area contributed by atoms with Crippen LogP contribution in [-0.2, 0) is 14.8 Å². The van der Waals surface area contributed by atoms with Crippen molar-refractivity contribution in [3.63, 3.8) is 0 Å². The summed E-state index contributed by atoms with van der Waals surface area (Å²) in [6.07, 6.45) is 3.23. The molecular formula is C13H25NO4S. The fraction of sp³-hybridized carbons (Fsp3) is 0.923. The predicted octanol–water partition coefficient (Wildman–Crippen LogP) is 1.94. The summed E-state index contributed by atoms with van der Waals surface area (Å²) in [5.74, 6) is 0.130. The van der Waals surface area contributed by atoms with Crippen molar-refractivity contribution in [2.75, 3.05) is 18.8 Å². The van der Waals surface area contributed by atoms with Crippen molar-refractivity contribution in [1.82, 2.24) is 4.31 Å². The van der Waals surface area contributed by atoms with Crippen LogP contribution in [0.2, 0.25) is 0 Å². The van der Waals surface area contributed by atoms with E-state index in [-0.39, 0.29) is 18.1 Å². The summed E-state index contributed by atoms with van der Waals surface area (Å²) < 4.78 is 25.3. The molecule has 1 aliphatic rings. The molecule has 0 aromatic heterocycles. The van der Waals surface area contributed by atoms with Crippen LogP contribution in [0.4, 0.5) is 0 Å². The third-order valence-corrected chi connectivity index (χ3v) is 5.83. The zero-order valence-corrected chi connectivity index (χ0v) is 12.7. The molecule has 0 aliphatic carbocycles. The Morgan fingerprint density at radius 3 is 2.47 bits per heavy atom. The molecule has 5 nitrogen and oxygen atoms in total. The number of sulfonamides is 1. The Bertz CT molecular complexity index is 391. The smallest absolute Gasteiger partial charge is 0.303 e. The molecule has 1 aliphatic heterocycles. The molecule has 112 valence electrons. The summed E-state index contributed by atoms with van der Waals surface area (Å²) in [5, 5.41) is 8.74.